The molecule has 1 amide bonds. The average Bonchev–Trinajstić information content (AvgIpc) is 2.38. The second-order valence-corrected chi connectivity index (χ2v) is 4.93. The predicted molar refractivity (Wildman–Crippen MR) is 69.4 cm³/mol. The zero-order chi connectivity index (χ0) is 16.5. The Morgan fingerprint density at radius 2 is 2.32 bits per heavy atom. The van der Waals surface area contributed by atoms with Crippen LogP contribution >= 0.6 is 0 Å². The van der Waals surface area contributed by atoms with E-state index < -0.39 is 49.0 Å². The molecule has 1 fully saturated rings. The van der Waals surface area contributed by atoms with Crippen molar-refractivity contribution >= 4 is 11.7 Å². The molecule has 1 aliphatic heterocycles. The largest absolute Gasteiger partial charge is 0.394 e. The van der Waals surface area contributed by atoms with Gasteiger partial charge in [0.15, 0.2) is 0 Å². The molecule has 1 saturated heterocycles. The van der Waals surface area contributed by atoms with E-state index in [2.05, 4.69) is 10.3 Å². The molecule has 1 aliphatic rings. The van der Waals surface area contributed by atoms with Gasteiger partial charge in [-0.1, -0.05) is 0 Å². The third-order valence-corrected chi connectivity index (χ3v) is 3.14. The lowest BCUT2D eigenvalue weighted by Gasteiger charge is -2.39. The van der Waals surface area contributed by atoms with Gasteiger partial charge >= 0.3 is 5.69 Å². The SMILES string of the molecule is CC(=O)Nc1ccn([C@H]2O[C@H](CO)[C@@H](O)CC2(F)F)c(=O)n1. The zero-order valence-electron chi connectivity index (χ0n) is 11.6. The van der Waals surface area contributed by atoms with Crippen molar-refractivity contribution in [2.24, 2.45) is 0 Å². The minimum atomic E-state index is -3.52. The van der Waals surface area contributed by atoms with Gasteiger partial charge in [0.05, 0.1) is 12.7 Å². The Morgan fingerprint density at radius 1 is 1.64 bits per heavy atom. The van der Waals surface area contributed by atoms with Crippen molar-refractivity contribution in [2.75, 3.05) is 11.9 Å². The van der Waals surface area contributed by atoms with E-state index in [0.717, 1.165) is 6.20 Å². The maximum absolute atomic E-state index is 14.0. The first-order valence-corrected chi connectivity index (χ1v) is 6.43. The van der Waals surface area contributed by atoms with Gasteiger partial charge in [0, 0.05) is 19.5 Å². The molecule has 10 heteroatoms. The summed E-state index contributed by atoms with van der Waals surface area (Å²) < 4.78 is 33.5. The number of carbonyl (C=O) groups is 1. The third-order valence-electron chi connectivity index (χ3n) is 3.14. The van der Waals surface area contributed by atoms with Gasteiger partial charge in [0.1, 0.15) is 11.9 Å². The van der Waals surface area contributed by atoms with Crippen LogP contribution in [0, 0.1) is 0 Å². The summed E-state index contributed by atoms with van der Waals surface area (Å²) in [7, 11) is 0. The number of halogens is 2. The highest BCUT2D eigenvalue weighted by atomic mass is 19.3. The molecule has 8 nitrogen and oxygen atoms in total. The van der Waals surface area contributed by atoms with E-state index in [1.54, 1.807) is 0 Å². The van der Waals surface area contributed by atoms with Crippen LogP contribution < -0.4 is 11.0 Å². The van der Waals surface area contributed by atoms with Crippen LogP contribution in [0.15, 0.2) is 17.1 Å². The number of aliphatic hydroxyl groups is 2. The molecule has 3 atom stereocenters. The standard InChI is InChI=1S/C12H15F2N3O5/c1-6(19)15-9-2-3-17(11(21)16-9)10-12(13,14)4-7(20)8(5-18)22-10/h2-3,7-8,10,18,20H,4-5H2,1H3,(H,15,16,19,21)/t7-,8+,10-/m0/s1. The highest BCUT2D eigenvalue weighted by molar-refractivity contribution is 5.87. The number of hydrogen-bond donors (Lipinski definition) is 3. The first kappa shape index (κ1) is 16.5. The minimum absolute atomic E-state index is 0.0772. The molecule has 0 bridgehead atoms. The van der Waals surface area contributed by atoms with Gasteiger partial charge in [0.2, 0.25) is 12.1 Å². The van der Waals surface area contributed by atoms with Crippen LogP contribution in [-0.4, -0.2) is 50.4 Å². The summed E-state index contributed by atoms with van der Waals surface area (Å²) in [4.78, 5) is 26.2. The lowest BCUT2D eigenvalue weighted by molar-refractivity contribution is -0.269. The van der Waals surface area contributed by atoms with Crippen LogP contribution in [-0.2, 0) is 9.53 Å². The van der Waals surface area contributed by atoms with Crippen molar-refractivity contribution in [3.63, 3.8) is 0 Å². The van der Waals surface area contributed by atoms with Crippen molar-refractivity contribution < 1.29 is 28.5 Å². The van der Waals surface area contributed by atoms with Gasteiger partial charge in [0.25, 0.3) is 5.92 Å². The molecule has 0 unspecified atom stereocenters. The number of rotatable bonds is 3. The van der Waals surface area contributed by atoms with Crippen LogP contribution in [0.3, 0.4) is 0 Å². The Balaban J connectivity index is 2.33. The molecule has 2 rings (SSSR count). The summed E-state index contributed by atoms with van der Waals surface area (Å²) >= 11 is 0. The Kier molecular flexibility index (Phi) is 4.54. The summed E-state index contributed by atoms with van der Waals surface area (Å²) in [5.74, 6) is -4.06. The van der Waals surface area contributed by atoms with Crippen molar-refractivity contribution in [1.82, 2.24) is 9.55 Å². The van der Waals surface area contributed by atoms with Crippen molar-refractivity contribution in [3.8, 4) is 0 Å². The molecular weight excluding hydrogens is 304 g/mol. The molecular formula is C12H15F2N3O5. The first-order chi connectivity index (χ1) is 10.2. The molecule has 0 radical (unpaired) electrons. The number of nitrogens with one attached hydrogen (secondary N) is 1. The van der Waals surface area contributed by atoms with Crippen LogP contribution in [0.5, 0.6) is 0 Å². The van der Waals surface area contributed by atoms with Crippen LogP contribution in [0.1, 0.15) is 19.6 Å². The molecule has 22 heavy (non-hydrogen) atoms. The van der Waals surface area contributed by atoms with Crippen LogP contribution in [0.4, 0.5) is 14.6 Å². The van der Waals surface area contributed by atoms with Gasteiger partial charge in [-0.05, 0) is 6.07 Å². The molecule has 0 spiro atoms. The van der Waals surface area contributed by atoms with Crippen molar-refractivity contribution in [2.45, 2.75) is 37.7 Å². The summed E-state index contributed by atoms with van der Waals surface area (Å²) in [5, 5.41) is 20.7. The number of amides is 1. The van der Waals surface area contributed by atoms with Gasteiger partial charge < -0.3 is 20.3 Å². The number of hydrogen-bond acceptors (Lipinski definition) is 6. The van der Waals surface area contributed by atoms with E-state index in [-0.39, 0.29) is 5.82 Å². The fourth-order valence-electron chi connectivity index (χ4n) is 2.14. The summed E-state index contributed by atoms with van der Waals surface area (Å²) in [5.41, 5.74) is -1.05. The highest BCUT2D eigenvalue weighted by Crippen LogP contribution is 2.39. The summed E-state index contributed by atoms with van der Waals surface area (Å²) in [6, 6.07) is 1.17. The lowest BCUT2D eigenvalue weighted by atomic mass is 10.0. The predicted octanol–water partition coefficient (Wildman–Crippen LogP) is -0.522. The van der Waals surface area contributed by atoms with E-state index in [9.17, 15) is 23.5 Å². The molecule has 0 aliphatic carbocycles. The maximum Gasteiger partial charge on any atom is 0.351 e. The Hall–Kier alpha value is -1.91. The Morgan fingerprint density at radius 3 is 2.86 bits per heavy atom. The highest BCUT2D eigenvalue weighted by Gasteiger charge is 2.51. The Labute approximate surface area is 123 Å². The first-order valence-electron chi connectivity index (χ1n) is 6.43. The number of aliphatic hydroxyl groups excluding tert-OH is 2. The Bertz CT molecular complexity index is 621. The number of nitrogens with zero attached hydrogens (tertiary/aromatic N) is 2. The van der Waals surface area contributed by atoms with E-state index in [4.69, 9.17) is 9.84 Å². The number of alkyl halides is 2. The number of anilines is 1. The number of ether oxygens (including phenoxy) is 1. The maximum atomic E-state index is 14.0. The van der Waals surface area contributed by atoms with Crippen molar-refractivity contribution in [3.05, 3.63) is 22.7 Å². The second-order valence-electron chi connectivity index (χ2n) is 4.93. The van der Waals surface area contributed by atoms with Gasteiger partial charge in [-0.25, -0.2) is 13.6 Å². The number of carbonyl (C=O) groups excluding carboxylic acids is 1. The molecule has 3 N–H and O–H groups in total. The fourth-order valence-corrected chi connectivity index (χ4v) is 2.14. The van der Waals surface area contributed by atoms with Gasteiger partial charge in [-0.2, -0.15) is 4.98 Å². The fraction of sp³-hybridized carbons (Fsp3) is 0.583. The quantitative estimate of drug-likeness (QED) is 0.691. The van der Waals surface area contributed by atoms with E-state index in [0.29, 0.717) is 4.57 Å². The molecule has 122 valence electrons. The smallest absolute Gasteiger partial charge is 0.351 e. The van der Waals surface area contributed by atoms with E-state index in [1.165, 1.54) is 13.0 Å². The monoisotopic (exact) mass is 319 g/mol. The summed E-state index contributed by atoms with van der Waals surface area (Å²) in [6.07, 6.45) is -4.72. The average molecular weight is 319 g/mol. The molecule has 0 saturated carbocycles. The third kappa shape index (κ3) is 3.29. The van der Waals surface area contributed by atoms with Gasteiger partial charge in [-0.15, -0.1) is 0 Å². The second kappa shape index (κ2) is 6.07. The van der Waals surface area contributed by atoms with Crippen molar-refractivity contribution in [1.29, 1.82) is 0 Å². The number of aromatic nitrogens is 2. The van der Waals surface area contributed by atoms with Gasteiger partial charge in [-0.3, -0.25) is 9.36 Å². The van der Waals surface area contributed by atoms with E-state index in [1.807, 2.05) is 0 Å². The summed E-state index contributed by atoms with van der Waals surface area (Å²) in [6.45, 7) is 0.540. The normalized spacial score (nSPS) is 27.4. The lowest BCUT2D eigenvalue weighted by Crippen LogP contribution is -2.52. The van der Waals surface area contributed by atoms with Crippen LogP contribution in [0.2, 0.25) is 0 Å². The molecule has 1 aromatic rings. The van der Waals surface area contributed by atoms with Crippen LogP contribution in [0.25, 0.3) is 0 Å². The molecule has 0 aromatic carbocycles. The minimum Gasteiger partial charge on any atom is -0.394 e. The topological polar surface area (TPSA) is 114 Å². The van der Waals surface area contributed by atoms with E-state index >= 15 is 0 Å². The molecule has 1 aromatic heterocycles. The zero-order valence-corrected chi connectivity index (χ0v) is 11.6. The molecule has 2 heterocycles.